The second-order valence-corrected chi connectivity index (χ2v) is 5.47. The van der Waals surface area contributed by atoms with Crippen molar-refractivity contribution in [2.24, 2.45) is 0 Å². The molecule has 0 heterocycles. The topological polar surface area (TPSA) is 52.3 Å². The van der Waals surface area contributed by atoms with Gasteiger partial charge in [0.05, 0.1) is 16.7 Å². The minimum Gasteiger partial charge on any atom is -0.492 e. The van der Waals surface area contributed by atoms with Gasteiger partial charge in [-0.05, 0) is 43.7 Å². The van der Waals surface area contributed by atoms with Crippen molar-refractivity contribution in [3.63, 3.8) is 0 Å². The fourth-order valence-electron chi connectivity index (χ4n) is 2.07. The van der Waals surface area contributed by atoms with Crippen molar-refractivity contribution in [1.29, 1.82) is 0 Å². The number of carbonyl (C=O) groups excluding carboxylic acids is 1. The number of hydrogen-bond acceptors (Lipinski definition) is 3. The number of anilines is 1. The summed E-state index contributed by atoms with van der Waals surface area (Å²) in [6.45, 7) is 4.19. The van der Waals surface area contributed by atoms with Crippen molar-refractivity contribution in [3.8, 4) is 5.75 Å². The Kier molecular flexibility index (Phi) is 4.76. The Bertz CT molecular complexity index is 679. The molecule has 2 N–H and O–H groups in total. The Morgan fingerprint density at radius 1 is 1.14 bits per heavy atom. The molecule has 0 saturated carbocycles. The highest BCUT2D eigenvalue weighted by Crippen LogP contribution is 2.32. The van der Waals surface area contributed by atoms with Gasteiger partial charge in [-0.3, -0.25) is 4.79 Å². The Labute approximate surface area is 133 Å². The van der Waals surface area contributed by atoms with Gasteiger partial charge >= 0.3 is 0 Å². The number of nitrogen functional groups attached to an aromatic ring is 1. The number of halogens is 2. The summed E-state index contributed by atoms with van der Waals surface area (Å²) in [7, 11) is 0. The zero-order valence-corrected chi connectivity index (χ0v) is 13.3. The number of carbonyl (C=O) groups is 1. The number of hydrogen-bond donors (Lipinski definition) is 1. The van der Waals surface area contributed by atoms with Crippen LogP contribution < -0.4 is 10.5 Å². The molecule has 3 nitrogen and oxygen atoms in total. The number of rotatable bonds is 4. The van der Waals surface area contributed by atoms with Crippen molar-refractivity contribution in [3.05, 3.63) is 57.1 Å². The molecule has 0 saturated heterocycles. The first kappa shape index (κ1) is 15.7. The molecular weight excluding hydrogens is 309 g/mol. The molecule has 0 aliphatic carbocycles. The van der Waals surface area contributed by atoms with Gasteiger partial charge in [-0.1, -0.05) is 23.2 Å². The monoisotopic (exact) mass is 323 g/mol. The second kappa shape index (κ2) is 6.37. The third kappa shape index (κ3) is 3.49. The van der Waals surface area contributed by atoms with Crippen molar-refractivity contribution in [2.45, 2.75) is 13.8 Å². The Hall–Kier alpha value is -1.71. The van der Waals surface area contributed by atoms with Gasteiger partial charge in [0.15, 0.2) is 5.78 Å². The molecule has 2 rings (SSSR count). The van der Waals surface area contributed by atoms with Crippen LogP contribution in [0.2, 0.25) is 10.0 Å². The molecule has 0 amide bonds. The molecule has 2 aromatic rings. The van der Waals surface area contributed by atoms with Crippen LogP contribution in [0, 0.1) is 6.92 Å². The van der Waals surface area contributed by atoms with Crippen LogP contribution in [0.5, 0.6) is 5.75 Å². The van der Waals surface area contributed by atoms with Gasteiger partial charge < -0.3 is 10.5 Å². The zero-order chi connectivity index (χ0) is 15.6. The van der Waals surface area contributed by atoms with Gasteiger partial charge in [-0.2, -0.15) is 0 Å². The molecule has 0 fully saturated rings. The smallest absolute Gasteiger partial charge is 0.194 e. The van der Waals surface area contributed by atoms with Crippen LogP contribution >= 0.6 is 23.2 Å². The van der Waals surface area contributed by atoms with Gasteiger partial charge in [-0.25, -0.2) is 0 Å². The van der Waals surface area contributed by atoms with Crippen molar-refractivity contribution >= 4 is 34.7 Å². The summed E-state index contributed by atoms with van der Waals surface area (Å²) in [6.07, 6.45) is 0. The molecule has 0 aromatic heterocycles. The lowest BCUT2D eigenvalue weighted by Crippen LogP contribution is -2.05. The van der Waals surface area contributed by atoms with Crippen molar-refractivity contribution < 1.29 is 9.53 Å². The molecule has 0 unspecified atom stereocenters. The van der Waals surface area contributed by atoms with Gasteiger partial charge in [0.2, 0.25) is 0 Å². The lowest BCUT2D eigenvalue weighted by Gasteiger charge is -2.10. The average Bonchev–Trinajstić information content (AvgIpc) is 2.41. The summed E-state index contributed by atoms with van der Waals surface area (Å²) < 4.78 is 5.35. The maximum Gasteiger partial charge on any atom is 0.194 e. The van der Waals surface area contributed by atoms with Crippen LogP contribution in [0.25, 0.3) is 0 Å². The van der Waals surface area contributed by atoms with E-state index < -0.39 is 0 Å². The van der Waals surface area contributed by atoms with E-state index in [1.54, 1.807) is 24.3 Å². The SMILES string of the molecule is CCOc1cc(Cl)c(C(=O)c2cc(C)cc(N)c2)cc1Cl. The molecule has 21 heavy (non-hydrogen) atoms. The first-order valence-electron chi connectivity index (χ1n) is 6.46. The van der Waals surface area contributed by atoms with E-state index in [9.17, 15) is 4.79 Å². The lowest BCUT2D eigenvalue weighted by molar-refractivity contribution is 0.103. The Morgan fingerprint density at radius 2 is 1.86 bits per heavy atom. The van der Waals surface area contributed by atoms with Crippen LogP contribution in [0.15, 0.2) is 30.3 Å². The van der Waals surface area contributed by atoms with Crippen molar-refractivity contribution in [1.82, 2.24) is 0 Å². The second-order valence-electron chi connectivity index (χ2n) is 4.66. The number of nitrogens with two attached hydrogens (primary N) is 1. The highest BCUT2D eigenvalue weighted by Gasteiger charge is 2.17. The fraction of sp³-hybridized carbons (Fsp3) is 0.188. The third-order valence-electron chi connectivity index (χ3n) is 2.93. The van der Waals surface area contributed by atoms with E-state index in [-0.39, 0.29) is 5.78 Å². The first-order chi connectivity index (χ1) is 9.92. The average molecular weight is 324 g/mol. The maximum absolute atomic E-state index is 12.6. The minimum absolute atomic E-state index is 0.222. The summed E-state index contributed by atoms with van der Waals surface area (Å²) in [5.74, 6) is 0.241. The summed E-state index contributed by atoms with van der Waals surface area (Å²) in [4.78, 5) is 12.6. The van der Waals surface area contributed by atoms with E-state index in [2.05, 4.69) is 0 Å². The molecule has 0 radical (unpaired) electrons. The van der Waals surface area contributed by atoms with Gasteiger partial charge in [0.1, 0.15) is 5.75 Å². The zero-order valence-electron chi connectivity index (χ0n) is 11.7. The molecule has 0 bridgehead atoms. The van der Waals surface area contributed by atoms with E-state index >= 15 is 0 Å². The summed E-state index contributed by atoms with van der Waals surface area (Å²) in [5, 5.41) is 0.651. The lowest BCUT2D eigenvalue weighted by atomic mass is 10.0. The largest absolute Gasteiger partial charge is 0.492 e. The van der Waals surface area contributed by atoms with Gasteiger partial charge in [-0.15, -0.1) is 0 Å². The molecule has 0 aliphatic heterocycles. The Morgan fingerprint density at radius 3 is 2.48 bits per heavy atom. The fourth-order valence-corrected chi connectivity index (χ4v) is 2.53. The number of benzene rings is 2. The van der Waals surface area contributed by atoms with E-state index in [1.165, 1.54) is 6.07 Å². The van der Waals surface area contributed by atoms with Crippen LogP contribution in [0.1, 0.15) is 28.4 Å². The first-order valence-corrected chi connectivity index (χ1v) is 7.21. The van der Waals surface area contributed by atoms with Gasteiger partial charge in [0.25, 0.3) is 0 Å². The molecule has 0 spiro atoms. The number of aryl methyl sites for hydroxylation is 1. The van der Waals surface area contributed by atoms with Gasteiger partial charge in [0, 0.05) is 22.9 Å². The standard InChI is InChI=1S/C16H15Cl2NO2/c1-3-21-15-8-13(17)12(7-14(15)18)16(20)10-4-9(2)5-11(19)6-10/h4-8H,3,19H2,1-2H3. The molecule has 110 valence electrons. The number of ether oxygens (including phenoxy) is 1. The van der Waals surface area contributed by atoms with Crippen LogP contribution in [0.4, 0.5) is 5.69 Å². The normalized spacial score (nSPS) is 10.5. The van der Waals surface area contributed by atoms with E-state index in [0.29, 0.717) is 39.2 Å². The Balaban J connectivity index is 2.46. The quantitative estimate of drug-likeness (QED) is 0.665. The highest BCUT2D eigenvalue weighted by atomic mass is 35.5. The maximum atomic E-state index is 12.6. The number of ketones is 1. The van der Waals surface area contributed by atoms with E-state index in [0.717, 1.165) is 5.56 Å². The van der Waals surface area contributed by atoms with E-state index in [1.807, 2.05) is 13.8 Å². The van der Waals surface area contributed by atoms with Crippen LogP contribution in [-0.4, -0.2) is 12.4 Å². The summed E-state index contributed by atoms with van der Waals surface area (Å²) in [5.41, 5.74) is 8.03. The summed E-state index contributed by atoms with van der Waals surface area (Å²) >= 11 is 12.3. The molecule has 0 atom stereocenters. The molecule has 2 aromatic carbocycles. The highest BCUT2D eigenvalue weighted by molar-refractivity contribution is 6.37. The predicted octanol–water partition coefficient (Wildman–Crippen LogP) is 4.51. The minimum atomic E-state index is -0.222. The van der Waals surface area contributed by atoms with Crippen LogP contribution in [-0.2, 0) is 0 Å². The van der Waals surface area contributed by atoms with Crippen molar-refractivity contribution in [2.75, 3.05) is 12.3 Å². The molecular formula is C16H15Cl2NO2. The predicted molar refractivity (Wildman–Crippen MR) is 86.7 cm³/mol. The van der Waals surface area contributed by atoms with Crippen LogP contribution in [0.3, 0.4) is 0 Å². The molecule has 0 aliphatic rings. The third-order valence-corrected chi connectivity index (χ3v) is 3.54. The van der Waals surface area contributed by atoms with E-state index in [4.69, 9.17) is 33.7 Å². The molecule has 5 heteroatoms. The summed E-state index contributed by atoms with van der Waals surface area (Å²) in [6, 6.07) is 8.26.